The molecule has 0 spiro atoms. The van der Waals surface area contributed by atoms with Crippen molar-refractivity contribution in [2.75, 3.05) is 39.3 Å². The van der Waals surface area contributed by atoms with Crippen LogP contribution in [0.3, 0.4) is 0 Å². The van der Waals surface area contributed by atoms with Crippen LogP contribution in [0.15, 0.2) is 18.2 Å². The Hall–Kier alpha value is -1.87. The quantitative estimate of drug-likeness (QED) is 0.592. The lowest BCUT2D eigenvalue weighted by atomic mass is 10.2. The highest BCUT2D eigenvalue weighted by Gasteiger charge is 2.43. The second-order valence-electron chi connectivity index (χ2n) is 5.36. The number of carbonyl (C=O) groups excluding carboxylic acids is 2. The molecule has 0 saturated carbocycles. The van der Waals surface area contributed by atoms with Crippen LogP contribution in [-0.4, -0.2) is 67.2 Å². The van der Waals surface area contributed by atoms with Gasteiger partial charge in [0.05, 0.1) is 5.02 Å². The van der Waals surface area contributed by atoms with E-state index in [2.05, 4.69) is 0 Å². The third-order valence-electron chi connectivity index (χ3n) is 3.71. The highest BCUT2D eigenvalue weighted by Crippen LogP contribution is 2.20. The number of esters is 1. The van der Waals surface area contributed by atoms with Crippen molar-refractivity contribution in [3.8, 4) is 0 Å². The van der Waals surface area contributed by atoms with Gasteiger partial charge in [0.25, 0.3) is 0 Å². The molecule has 1 aromatic rings. The summed E-state index contributed by atoms with van der Waals surface area (Å²) >= 11 is 5.75. The molecule has 0 aliphatic carbocycles. The minimum atomic E-state index is -4.88. The first kappa shape index (κ1) is 19.5. The smallest absolute Gasteiger partial charge is 0.461 e. The fourth-order valence-corrected chi connectivity index (χ4v) is 2.63. The van der Waals surface area contributed by atoms with Gasteiger partial charge in [0, 0.05) is 32.7 Å². The van der Waals surface area contributed by atoms with Crippen LogP contribution in [0, 0.1) is 5.82 Å². The molecule has 138 valence electrons. The number of benzene rings is 1. The number of piperazine rings is 1. The molecule has 1 heterocycles. The summed E-state index contributed by atoms with van der Waals surface area (Å²) in [5.74, 6) is -3.56. The van der Waals surface area contributed by atoms with Crippen LogP contribution in [0.1, 0.15) is 10.4 Å². The van der Waals surface area contributed by atoms with E-state index in [9.17, 15) is 27.2 Å². The van der Waals surface area contributed by atoms with Crippen molar-refractivity contribution >= 4 is 23.5 Å². The largest absolute Gasteiger partial charge is 0.471 e. The molecule has 25 heavy (non-hydrogen) atoms. The number of ether oxygens (including phenoxy) is 1. The Morgan fingerprint density at radius 1 is 1.16 bits per heavy atom. The normalized spacial score (nSPS) is 16.0. The van der Waals surface area contributed by atoms with Crippen LogP contribution in [0.2, 0.25) is 5.02 Å². The molecular formula is C15H15ClF4N2O3. The fraction of sp³-hybridized carbons (Fsp3) is 0.467. The molecule has 1 aliphatic heterocycles. The third-order valence-corrected chi connectivity index (χ3v) is 4.02. The van der Waals surface area contributed by atoms with Crippen molar-refractivity contribution in [1.29, 1.82) is 0 Å². The first-order valence-electron chi connectivity index (χ1n) is 7.39. The molecule has 10 heteroatoms. The highest BCUT2D eigenvalue weighted by atomic mass is 35.5. The summed E-state index contributed by atoms with van der Waals surface area (Å²) in [6, 6.07) is 3.80. The first-order chi connectivity index (χ1) is 11.7. The van der Waals surface area contributed by atoms with Crippen molar-refractivity contribution in [3.63, 3.8) is 0 Å². The van der Waals surface area contributed by atoms with Crippen LogP contribution in [-0.2, 0) is 9.53 Å². The number of hydrogen-bond donors (Lipinski definition) is 0. The van der Waals surface area contributed by atoms with Gasteiger partial charge in [-0.05, 0) is 12.1 Å². The summed E-state index contributed by atoms with van der Waals surface area (Å²) in [4.78, 5) is 25.4. The lowest BCUT2D eigenvalue weighted by molar-refractivity contribution is -0.187. The van der Waals surface area contributed by atoms with E-state index >= 15 is 0 Å². The molecule has 2 rings (SSSR count). The Kier molecular flexibility index (Phi) is 6.23. The fourth-order valence-electron chi connectivity index (χ4n) is 2.39. The van der Waals surface area contributed by atoms with Crippen LogP contribution in [0.5, 0.6) is 0 Å². The van der Waals surface area contributed by atoms with E-state index in [-0.39, 0.29) is 49.9 Å². The van der Waals surface area contributed by atoms with E-state index in [0.29, 0.717) is 0 Å². The van der Waals surface area contributed by atoms with Gasteiger partial charge < -0.3 is 9.64 Å². The maximum Gasteiger partial charge on any atom is 0.471 e. The van der Waals surface area contributed by atoms with E-state index in [1.54, 1.807) is 4.90 Å². The van der Waals surface area contributed by atoms with Gasteiger partial charge in [-0.1, -0.05) is 17.7 Å². The van der Waals surface area contributed by atoms with Gasteiger partial charge in [-0.3, -0.25) is 9.69 Å². The molecule has 1 saturated heterocycles. The summed E-state index contributed by atoms with van der Waals surface area (Å²) in [6.07, 6.45) is -4.88. The Bertz CT molecular complexity index is 626. The Morgan fingerprint density at radius 2 is 1.80 bits per heavy atom. The van der Waals surface area contributed by atoms with Gasteiger partial charge in [0.2, 0.25) is 0 Å². The van der Waals surface area contributed by atoms with Crippen LogP contribution in [0.4, 0.5) is 17.6 Å². The van der Waals surface area contributed by atoms with Crippen molar-refractivity contribution < 1.29 is 31.9 Å². The molecule has 0 N–H and O–H groups in total. The predicted molar refractivity (Wildman–Crippen MR) is 80.8 cm³/mol. The topological polar surface area (TPSA) is 49.9 Å². The minimum Gasteiger partial charge on any atom is -0.461 e. The molecule has 0 bridgehead atoms. The number of carbonyl (C=O) groups is 2. The Balaban J connectivity index is 1.77. The predicted octanol–water partition coefficient (Wildman–Crippen LogP) is 2.34. The first-order valence-corrected chi connectivity index (χ1v) is 7.77. The summed E-state index contributed by atoms with van der Waals surface area (Å²) in [5.41, 5.74) is -0.357. The number of nitrogens with zero attached hydrogens (tertiary/aromatic N) is 2. The van der Waals surface area contributed by atoms with E-state index in [0.717, 1.165) is 11.0 Å². The molecule has 0 radical (unpaired) electrons. The van der Waals surface area contributed by atoms with Crippen LogP contribution < -0.4 is 0 Å². The maximum absolute atomic E-state index is 13.6. The van der Waals surface area contributed by atoms with Crippen LogP contribution >= 0.6 is 11.6 Å². The Labute approximate surface area is 146 Å². The zero-order valence-corrected chi connectivity index (χ0v) is 13.7. The SMILES string of the molecule is O=C(OCCN1CCN(C(=O)C(F)(F)F)CC1)c1c(F)cccc1Cl. The van der Waals surface area contributed by atoms with Gasteiger partial charge in [0.1, 0.15) is 18.0 Å². The van der Waals surface area contributed by atoms with Gasteiger partial charge >= 0.3 is 18.1 Å². The van der Waals surface area contributed by atoms with Gasteiger partial charge in [-0.25, -0.2) is 9.18 Å². The van der Waals surface area contributed by atoms with E-state index in [4.69, 9.17) is 16.3 Å². The molecule has 1 aromatic carbocycles. The number of amides is 1. The third kappa shape index (κ3) is 5.05. The van der Waals surface area contributed by atoms with Gasteiger partial charge in [-0.15, -0.1) is 0 Å². The second-order valence-corrected chi connectivity index (χ2v) is 5.77. The number of rotatable bonds is 4. The Morgan fingerprint density at radius 3 is 2.36 bits per heavy atom. The van der Waals surface area contributed by atoms with Gasteiger partial charge in [-0.2, -0.15) is 13.2 Å². The number of halogens is 5. The van der Waals surface area contributed by atoms with Crippen molar-refractivity contribution in [2.24, 2.45) is 0 Å². The lowest BCUT2D eigenvalue weighted by Crippen LogP contribution is -2.52. The summed E-state index contributed by atoms with van der Waals surface area (Å²) < 4.78 is 55.6. The van der Waals surface area contributed by atoms with Crippen molar-refractivity contribution in [1.82, 2.24) is 9.80 Å². The maximum atomic E-state index is 13.6. The molecule has 1 amide bonds. The molecule has 1 fully saturated rings. The average Bonchev–Trinajstić information content (AvgIpc) is 2.54. The standard InChI is InChI=1S/C15H15ClF4N2O3/c16-10-2-1-3-11(17)12(10)13(23)25-9-8-21-4-6-22(7-5-21)14(24)15(18,19)20/h1-3H,4-9H2. The van der Waals surface area contributed by atoms with Crippen LogP contribution in [0.25, 0.3) is 0 Å². The van der Waals surface area contributed by atoms with E-state index < -0.39 is 23.9 Å². The zero-order chi connectivity index (χ0) is 18.6. The van der Waals surface area contributed by atoms with E-state index in [1.165, 1.54) is 12.1 Å². The summed E-state index contributed by atoms with van der Waals surface area (Å²) in [5, 5.41) is -0.0655. The van der Waals surface area contributed by atoms with Crippen molar-refractivity contribution in [2.45, 2.75) is 6.18 Å². The lowest BCUT2D eigenvalue weighted by Gasteiger charge is -2.34. The molecule has 0 atom stereocenters. The summed E-state index contributed by atoms with van der Waals surface area (Å²) in [7, 11) is 0. The average molecular weight is 383 g/mol. The van der Waals surface area contributed by atoms with E-state index in [1.807, 2.05) is 0 Å². The molecule has 5 nitrogen and oxygen atoms in total. The minimum absolute atomic E-state index is 0.0641. The molecule has 0 aromatic heterocycles. The molecule has 1 aliphatic rings. The zero-order valence-electron chi connectivity index (χ0n) is 13.0. The number of hydrogen-bond acceptors (Lipinski definition) is 4. The molecular weight excluding hydrogens is 368 g/mol. The van der Waals surface area contributed by atoms with Crippen molar-refractivity contribution in [3.05, 3.63) is 34.6 Å². The summed E-state index contributed by atoms with van der Waals surface area (Å²) in [6.45, 7) is 0.499. The monoisotopic (exact) mass is 382 g/mol. The highest BCUT2D eigenvalue weighted by molar-refractivity contribution is 6.33. The molecule has 0 unspecified atom stereocenters. The van der Waals surface area contributed by atoms with Gasteiger partial charge in [0.15, 0.2) is 0 Å². The second kappa shape index (κ2) is 8.01. The number of alkyl halides is 3.